The van der Waals surface area contributed by atoms with Crippen molar-refractivity contribution in [1.82, 2.24) is 24.9 Å². The highest BCUT2D eigenvalue weighted by Crippen LogP contribution is 2.39. The van der Waals surface area contributed by atoms with E-state index in [1.165, 1.54) is 31.2 Å². The lowest BCUT2D eigenvalue weighted by atomic mass is 9.86. The fraction of sp³-hybridized carbons (Fsp3) is 0.409. The van der Waals surface area contributed by atoms with Crippen molar-refractivity contribution in [3.8, 4) is 11.1 Å². The fourth-order valence-corrected chi connectivity index (χ4v) is 4.98. The monoisotopic (exact) mass is 419 g/mol. The number of amides is 1. The predicted octanol–water partition coefficient (Wildman–Crippen LogP) is 2.53. The van der Waals surface area contributed by atoms with Gasteiger partial charge in [0.1, 0.15) is 11.6 Å². The largest absolute Gasteiger partial charge is 0.383 e. The Bertz CT molecular complexity index is 1170. The third kappa shape index (κ3) is 3.44. The van der Waals surface area contributed by atoms with Crippen LogP contribution >= 0.6 is 0 Å². The molecule has 5 rings (SSSR count). The van der Waals surface area contributed by atoms with E-state index in [1.54, 1.807) is 18.5 Å². The number of fused-ring (bicyclic) bond motifs is 3. The highest BCUT2D eigenvalue weighted by molar-refractivity contribution is 6.00. The number of nitrogens with zero attached hydrogens (tertiary/aromatic N) is 4. The van der Waals surface area contributed by atoms with E-state index in [1.807, 2.05) is 6.07 Å². The standard InChI is InChI=1S/C22H25N7O2/c1-11(30)19-20(14-7-15-4-5-16(8-14)27-15)28-22-17(10-25-29(22)21(19)23)13-3-6-18(24-9-13)26-12(2)31/h3,6,9-10,14-16,27H,4-5,7-8,23H2,1-2H3,(H,24,26,31)/t14-,15-,16+. The van der Waals surface area contributed by atoms with Crippen LogP contribution in [0.1, 0.15) is 61.5 Å². The van der Waals surface area contributed by atoms with Gasteiger partial charge in [0.2, 0.25) is 5.91 Å². The molecule has 9 heteroatoms. The maximum atomic E-state index is 12.5. The molecule has 0 aromatic carbocycles. The summed E-state index contributed by atoms with van der Waals surface area (Å²) in [7, 11) is 0. The summed E-state index contributed by atoms with van der Waals surface area (Å²) in [4.78, 5) is 33.0. The first-order valence-corrected chi connectivity index (χ1v) is 10.6. The smallest absolute Gasteiger partial charge is 0.222 e. The number of piperidine rings is 1. The number of Topliss-reactive ketones (excluding diaryl/α,β-unsaturated/α-hetero) is 1. The van der Waals surface area contributed by atoms with Crippen LogP contribution < -0.4 is 16.4 Å². The van der Waals surface area contributed by atoms with Gasteiger partial charge in [-0.1, -0.05) is 0 Å². The summed E-state index contributed by atoms with van der Waals surface area (Å²) in [6.45, 7) is 2.97. The topological polar surface area (TPSA) is 127 Å². The molecule has 0 radical (unpaired) electrons. The van der Waals surface area contributed by atoms with Crippen molar-refractivity contribution in [2.24, 2.45) is 0 Å². The lowest BCUT2D eigenvalue weighted by molar-refractivity contribution is -0.114. The quantitative estimate of drug-likeness (QED) is 0.555. The molecule has 31 heavy (non-hydrogen) atoms. The third-order valence-corrected chi connectivity index (χ3v) is 6.30. The Morgan fingerprint density at radius 3 is 2.52 bits per heavy atom. The second kappa shape index (κ2) is 7.42. The van der Waals surface area contributed by atoms with Crippen LogP contribution in [0.3, 0.4) is 0 Å². The molecule has 2 saturated heterocycles. The van der Waals surface area contributed by atoms with Gasteiger partial charge in [-0.25, -0.2) is 9.97 Å². The van der Waals surface area contributed by atoms with Crippen LogP contribution in [-0.2, 0) is 4.79 Å². The molecule has 2 aliphatic rings. The van der Waals surface area contributed by atoms with Gasteiger partial charge in [-0.2, -0.15) is 9.61 Å². The molecule has 3 atom stereocenters. The van der Waals surface area contributed by atoms with Crippen LogP contribution in [0.5, 0.6) is 0 Å². The number of pyridine rings is 1. The molecule has 0 spiro atoms. The first-order valence-electron chi connectivity index (χ1n) is 10.6. The number of aromatic nitrogens is 4. The molecular weight excluding hydrogens is 394 g/mol. The normalized spacial score (nSPS) is 22.6. The maximum absolute atomic E-state index is 12.5. The van der Waals surface area contributed by atoms with Gasteiger partial charge < -0.3 is 16.4 Å². The van der Waals surface area contributed by atoms with Gasteiger partial charge in [0, 0.05) is 42.2 Å². The number of nitrogens with one attached hydrogen (secondary N) is 2. The van der Waals surface area contributed by atoms with E-state index in [2.05, 4.69) is 20.7 Å². The summed E-state index contributed by atoms with van der Waals surface area (Å²) >= 11 is 0. The number of nitrogens with two attached hydrogens (primary N) is 1. The van der Waals surface area contributed by atoms with Crippen LogP contribution in [0.2, 0.25) is 0 Å². The van der Waals surface area contributed by atoms with E-state index in [0.29, 0.717) is 34.9 Å². The first-order chi connectivity index (χ1) is 14.9. The lowest BCUT2D eigenvalue weighted by Gasteiger charge is -2.30. The molecule has 1 amide bonds. The number of ketones is 1. The van der Waals surface area contributed by atoms with E-state index in [9.17, 15) is 9.59 Å². The van der Waals surface area contributed by atoms with Crippen molar-refractivity contribution >= 4 is 29.0 Å². The van der Waals surface area contributed by atoms with Crippen molar-refractivity contribution in [2.45, 2.75) is 57.5 Å². The van der Waals surface area contributed by atoms with E-state index in [4.69, 9.17) is 10.7 Å². The summed E-state index contributed by atoms with van der Waals surface area (Å²) in [6.07, 6.45) is 7.60. The SMILES string of the molecule is CC(=O)Nc1ccc(-c2cnn3c(N)c(C(C)=O)c([C@@H]4C[C@H]5CC[C@@H](C4)N5)nc23)cn1. The Hall–Kier alpha value is -3.33. The molecule has 5 heterocycles. The molecule has 9 nitrogen and oxygen atoms in total. The molecule has 0 aliphatic carbocycles. The second-order valence-corrected chi connectivity index (χ2v) is 8.53. The van der Waals surface area contributed by atoms with Crippen molar-refractivity contribution in [3.05, 3.63) is 35.8 Å². The van der Waals surface area contributed by atoms with Crippen LogP contribution in [0.15, 0.2) is 24.5 Å². The summed E-state index contributed by atoms with van der Waals surface area (Å²) in [5.41, 5.74) is 9.90. The molecule has 2 bridgehead atoms. The number of hydrogen-bond donors (Lipinski definition) is 3. The third-order valence-electron chi connectivity index (χ3n) is 6.30. The van der Waals surface area contributed by atoms with Gasteiger partial charge in [-0.15, -0.1) is 0 Å². The number of rotatable bonds is 4. The molecule has 2 fully saturated rings. The number of anilines is 2. The van der Waals surface area contributed by atoms with Gasteiger partial charge in [0.15, 0.2) is 11.4 Å². The van der Waals surface area contributed by atoms with Crippen LogP contribution in [0.4, 0.5) is 11.6 Å². The fourth-order valence-electron chi connectivity index (χ4n) is 4.98. The minimum Gasteiger partial charge on any atom is -0.383 e. The van der Waals surface area contributed by atoms with Crippen LogP contribution in [0, 0.1) is 0 Å². The van der Waals surface area contributed by atoms with Gasteiger partial charge in [0.25, 0.3) is 0 Å². The number of carbonyl (C=O) groups is 2. The Morgan fingerprint density at radius 2 is 1.90 bits per heavy atom. The van der Waals surface area contributed by atoms with Crippen molar-refractivity contribution in [1.29, 1.82) is 0 Å². The molecular formula is C22H25N7O2. The minimum atomic E-state index is -0.178. The highest BCUT2D eigenvalue weighted by Gasteiger charge is 2.37. The number of carbonyl (C=O) groups excluding carboxylic acids is 2. The second-order valence-electron chi connectivity index (χ2n) is 8.53. The van der Waals surface area contributed by atoms with Crippen LogP contribution in [-0.4, -0.2) is 43.4 Å². The summed E-state index contributed by atoms with van der Waals surface area (Å²) < 4.78 is 1.53. The molecule has 2 aliphatic heterocycles. The van der Waals surface area contributed by atoms with E-state index < -0.39 is 0 Å². The summed E-state index contributed by atoms with van der Waals surface area (Å²) in [6, 6.07) is 4.53. The van der Waals surface area contributed by atoms with E-state index >= 15 is 0 Å². The molecule has 3 aromatic rings. The van der Waals surface area contributed by atoms with E-state index in [-0.39, 0.29) is 17.6 Å². The molecule has 0 unspecified atom stereocenters. The first kappa shape index (κ1) is 19.6. The zero-order valence-corrected chi connectivity index (χ0v) is 17.6. The van der Waals surface area contributed by atoms with Crippen molar-refractivity contribution in [3.63, 3.8) is 0 Å². The van der Waals surface area contributed by atoms with E-state index in [0.717, 1.165) is 29.7 Å². The molecule has 4 N–H and O–H groups in total. The summed E-state index contributed by atoms with van der Waals surface area (Å²) in [5, 5.41) is 10.7. The average Bonchev–Trinajstić information content (AvgIpc) is 3.30. The Kier molecular flexibility index (Phi) is 4.70. The van der Waals surface area contributed by atoms with Crippen molar-refractivity contribution < 1.29 is 9.59 Å². The minimum absolute atomic E-state index is 0.0915. The average molecular weight is 419 g/mol. The van der Waals surface area contributed by atoms with Gasteiger partial charge >= 0.3 is 0 Å². The zero-order valence-electron chi connectivity index (χ0n) is 17.6. The lowest BCUT2D eigenvalue weighted by Crippen LogP contribution is -2.38. The van der Waals surface area contributed by atoms with Gasteiger partial charge in [-0.05, 0) is 44.7 Å². The van der Waals surface area contributed by atoms with Gasteiger partial charge in [0.05, 0.1) is 17.5 Å². The van der Waals surface area contributed by atoms with Gasteiger partial charge in [-0.3, -0.25) is 9.59 Å². The predicted molar refractivity (Wildman–Crippen MR) is 117 cm³/mol. The molecule has 3 aromatic heterocycles. The maximum Gasteiger partial charge on any atom is 0.222 e. The van der Waals surface area contributed by atoms with Crippen LogP contribution in [0.25, 0.3) is 16.8 Å². The number of hydrogen-bond acceptors (Lipinski definition) is 7. The Labute approximate surface area is 179 Å². The van der Waals surface area contributed by atoms with Crippen molar-refractivity contribution in [2.75, 3.05) is 11.1 Å². The Balaban J connectivity index is 1.61. The highest BCUT2D eigenvalue weighted by atomic mass is 16.1. The molecule has 160 valence electrons. The molecule has 0 saturated carbocycles. The Morgan fingerprint density at radius 1 is 1.16 bits per heavy atom. The zero-order chi connectivity index (χ0) is 21.7. The number of nitrogen functional groups attached to an aromatic ring is 1. The summed E-state index contributed by atoms with van der Waals surface area (Å²) in [5.74, 6) is 0.722.